The Balaban J connectivity index is 0.000000182. The van der Waals surface area contributed by atoms with E-state index in [1.54, 1.807) is 0 Å². The van der Waals surface area contributed by atoms with Crippen LogP contribution in [0.15, 0.2) is 42.6 Å². The lowest BCUT2D eigenvalue weighted by molar-refractivity contribution is 0.199. The molecule has 1 aliphatic heterocycles. The summed E-state index contributed by atoms with van der Waals surface area (Å²) in [7, 11) is 0. The van der Waals surface area contributed by atoms with Gasteiger partial charge in [-0.2, -0.15) is 0 Å². The Bertz CT molecular complexity index is 552. The number of fused-ring (bicyclic) bond motifs is 1. The Morgan fingerprint density at radius 3 is 2.50 bits per heavy atom. The van der Waals surface area contributed by atoms with Gasteiger partial charge in [-0.05, 0) is 30.4 Å². The van der Waals surface area contributed by atoms with Crippen LogP contribution < -0.4 is 0 Å². The molecule has 1 unspecified atom stereocenters. The fourth-order valence-electron chi connectivity index (χ4n) is 2.96. The smallest absolute Gasteiger partial charge is 0.132 e. The van der Waals surface area contributed by atoms with Crippen LogP contribution in [0, 0.1) is 11.8 Å². The molecule has 0 radical (unpaired) electrons. The number of hydrogen-bond donors (Lipinski definition) is 0. The lowest BCUT2D eigenvalue weighted by atomic mass is 10.0. The van der Waals surface area contributed by atoms with E-state index in [-0.39, 0.29) is 4.83 Å². The normalized spacial score (nSPS) is 21.3. The largest absolute Gasteiger partial charge is 0.275 e. The third-order valence-corrected chi connectivity index (χ3v) is 5.74. The highest BCUT2D eigenvalue weighted by Gasteiger charge is 2.32. The van der Waals surface area contributed by atoms with Crippen LogP contribution in [0.3, 0.4) is 0 Å². The second-order valence-electron chi connectivity index (χ2n) is 7.20. The second-order valence-corrected chi connectivity index (χ2v) is 8.98. The van der Waals surface area contributed by atoms with Gasteiger partial charge in [-0.1, -0.05) is 63.6 Å². The molecule has 3 rings (SSSR count). The van der Waals surface area contributed by atoms with Gasteiger partial charge >= 0.3 is 0 Å². The predicted octanol–water partition coefficient (Wildman–Crippen LogP) is 5.86. The molecule has 2 heterocycles. The first-order chi connectivity index (χ1) is 11.5. The molecule has 0 saturated carbocycles. The maximum absolute atomic E-state index is 6.29. The van der Waals surface area contributed by atoms with E-state index in [2.05, 4.69) is 49.7 Å². The van der Waals surface area contributed by atoms with Crippen molar-refractivity contribution < 1.29 is 0 Å². The summed E-state index contributed by atoms with van der Waals surface area (Å²) < 4.78 is 0. The first kappa shape index (κ1) is 19.6. The molecule has 0 aliphatic carbocycles. The molecule has 4 heteroatoms. The van der Waals surface area contributed by atoms with Crippen molar-refractivity contribution in [3.8, 4) is 0 Å². The molecule has 24 heavy (non-hydrogen) atoms. The molecule has 0 N–H and O–H groups in total. The van der Waals surface area contributed by atoms with Gasteiger partial charge in [0, 0.05) is 29.9 Å². The monoisotopic (exact) mass is 364 g/mol. The molecule has 0 amide bonds. The number of alkyl halides is 1. The average Bonchev–Trinajstić information content (AvgIpc) is 2.88. The Hall–Kier alpha value is -0.770. The Morgan fingerprint density at radius 1 is 1.12 bits per heavy atom. The lowest BCUT2D eigenvalue weighted by Gasteiger charge is -2.28. The van der Waals surface area contributed by atoms with Crippen LogP contribution in [0.25, 0.3) is 10.9 Å². The van der Waals surface area contributed by atoms with Gasteiger partial charge < -0.3 is 0 Å². The first-order valence-electron chi connectivity index (χ1n) is 8.78. The van der Waals surface area contributed by atoms with E-state index < -0.39 is 0 Å². The van der Waals surface area contributed by atoms with Crippen LogP contribution in [0.5, 0.6) is 0 Å². The Labute approximate surface area is 156 Å². The molecule has 1 aromatic heterocycles. The van der Waals surface area contributed by atoms with Crippen molar-refractivity contribution in [3.05, 3.63) is 42.6 Å². The fourth-order valence-corrected chi connectivity index (χ4v) is 4.58. The third-order valence-electron chi connectivity index (χ3n) is 3.99. The zero-order valence-corrected chi connectivity index (χ0v) is 16.7. The van der Waals surface area contributed by atoms with Gasteiger partial charge in [0.1, 0.15) is 4.83 Å². The number of halogens is 1. The Kier molecular flexibility index (Phi) is 7.86. The van der Waals surface area contributed by atoms with E-state index in [0.29, 0.717) is 12.0 Å². The molecule has 0 spiro atoms. The molecular formula is C20H29ClN2S. The standard InChI is InChI=1S/C11H22ClNS.C9H7N/c1-8(2)5-10-7-14-11(12)13(10)6-9(3)4;1-2-6-9-8(4-1)5-3-7-10-9/h8-11H,5-7H2,1-4H3;1-7H/t10-,11?;/m0./s1. The SMILES string of the molecule is CC(C)C[C@H]1CSC(Cl)N1CC(C)C.c1ccc2ncccc2c1. The summed E-state index contributed by atoms with van der Waals surface area (Å²) in [4.78, 5) is 6.86. The van der Waals surface area contributed by atoms with Gasteiger partial charge in [-0.15, -0.1) is 11.8 Å². The molecule has 2 aromatic rings. The van der Waals surface area contributed by atoms with Crippen LogP contribution in [-0.4, -0.2) is 33.1 Å². The van der Waals surface area contributed by atoms with E-state index in [9.17, 15) is 0 Å². The van der Waals surface area contributed by atoms with Crippen molar-refractivity contribution in [2.75, 3.05) is 12.3 Å². The minimum atomic E-state index is 0.209. The molecule has 2 atom stereocenters. The van der Waals surface area contributed by atoms with Crippen molar-refractivity contribution in [2.45, 2.75) is 45.0 Å². The van der Waals surface area contributed by atoms with Crippen LogP contribution in [-0.2, 0) is 0 Å². The number of nitrogens with zero attached hydrogens (tertiary/aromatic N) is 2. The molecular weight excluding hydrogens is 336 g/mol. The number of aromatic nitrogens is 1. The maximum Gasteiger partial charge on any atom is 0.132 e. The summed E-state index contributed by atoms with van der Waals surface area (Å²) in [6, 6.07) is 12.8. The van der Waals surface area contributed by atoms with E-state index in [1.165, 1.54) is 17.6 Å². The zero-order valence-electron chi connectivity index (χ0n) is 15.2. The van der Waals surface area contributed by atoms with Gasteiger partial charge in [0.05, 0.1) is 5.52 Å². The molecule has 0 bridgehead atoms. The number of thioether (sulfide) groups is 1. The summed E-state index contributed by atoms with van der Waals surface area (Å²) in [6.45, 7) is 10.2. The van der Waals surface area contributed by atoms with Crippen molar-refractivity contribution in [1.29, 1.82) is 0 Å². The zero-order chi connectivity index (χ0) is 17.5. The second kappa shape index (κ2) is 9.65. The molecule has 1 fully saturated rings. The first-order valence-corrected chi connectivity index (χ1v) is 10.3. The number of hydrogen-bond acceptors (Lipinski definition) is 3. The van der Waals surface area contributed by atoms with E-state index >= 15 is 0 Å². The molecule has 1 aliphatic rings. The van der Waals surface area contributed by atoms with Crippen molar-refractivity contribution in [2.24, 2.45) is 11.8 Å². The number of benzene rings is 1. The minimum absolute atomic E-state index is 0.209. The van der Waals surface area contributed by atoms with Crippen molar-refractivity contribution in [1.82, 2.24) is 9.88 Å². The van der Waals surface area contributed by atoms with E-state index in [1.807, 2.05) is 42.2 Å². The van der Waals surface area contributed by atoms with Crippen molar-refractivity contribution >= 4 is 34.3 Å². The summed E-state index contributed by atoms with van der Waals surface area (Å²) in [6.07, 6.45) is 3.09. The molecule has 1 aromatic carbocycles. The highest BCUT2D eigenvalue weighted by Crippen LogP contribution is 2.34. The lowest BCUT2D eigenvalue weighted by Crippen LogP contribution is -2.37. The predicted molar refractivity (Wildman–Crippen MR) is 109 cm³/mol. The summed E-state index contributed by atoms with van der Waals surface area (Å²) in [5.41, 5.74) is 1.06. The minimum Gasteiger partial charge on any atom is -0.275 e. The molecule has 132 valence electrons. The third kappa shape index (κ3) is 5.94. The van der Waals surface area contributed by atoms with Crippen LogP contribution >= 0.6 is 23.4 Å². The van der Waals surface area contributed by atoms with Gasteiger partial charge in [-0.3, -0.25) is 9.88 Å². The molecule has 1 saturated heterocycles. The summed E-state index contributed by atoms with van der Waals surface area (Å²) in [5.74, 6) is 2.70. The van der Waals surface area contributed by atoms with Crippen LogP contribution in [0.1, 0.15) is 34.1 Å². The van der Waals surface area contributed by atoms with Crippen LogP contribution in [0.4, 0.5) is 0 Å². The Morgan fingerprint density at radius 2 is 1.83 bits per heavy atom. The number of para-hydroxylation sites is 1. The summed E-state index contributed by atoms with van der Waals surface area (Å²) in [5, 5.41) is 1.20. The molecule has 2 nitrogen and oxygen atoms in total. The van der Waals surface area contributed by atoms with E-state index in [4.69, 9.17) is 11.6 Å². The van der Waals surface area contributed by atoms with Crippen LogP contribution in [0.2, 0.25) is 0 Å². The van der Waals surface area contributed by atoms with Gasteiger partial charge in [0.15, 0.2) is 0 Å². The van der Waals surface area contributed by atoms with Crippen molar-refractivity contribution in [3.63, 3.8) is 0 Å². The topological polar surface area (TPSA) is 16.1 Å². The average molecular weight is 365 g/mol. The number of rotatable bonds is 4. The van der Waals surface area contributed by atoms with Gasteiger partial charge in [0.25, 0.3) is 0 Å². The van der Waals surface area contributed by atoms with Gasteiger partial charge in [0.2, 0.25) is 0 Å². The fraction of sp³-hybridized carbons (Fsp3) is 0.550. The number of pyridine rings is 1. The van der Waals surface area contributed by atoms with E-state index in [0.717, 1.165) is 18.0 Å². The maximum atomic E-state index is 6.29. The summed E-state index contributed by atoms with van der Waals surface area (Å²) >= 11 is 8.18. The quantitative estimate of drug-likeness (QED) is 0.499. The van der Waals surface area contributed by atoms with Gasteiger partial charge in [-0.25, -0.2) is 0 Å². The highest BCUT2D eigenvalue weighted by molar-refractivity contribution is 8.01. The highest BCUT2D eigenvalue weighted by atomic mass is 35.5.